The van der Waals surface area contributed by atoms with Gasteiger partial charge in [-0.1, -0.05) is 18.2 Å². The van der Waals surface area contributed by atoms with Gasteiger partial charge in [-0.25, -0.2) is 4.98 Å². The molecule has 0 radical (unpaired) electrons. The van der Waals surface area contributed by atoms with Gasteiger partial charge in [0.15, 0.2) is 0 Å². The van der Waals surface area contributed by atoms with E-state index in [1.807, 2.05) is 36.4 Å². The van der Waals surface area contributed by atoms with Crippen molar-refractivity contribution in [3.8, 4) is 5.75 Å². The summed E-state index contributed by atoms with van der Waals surface area (Å²) in [5, 5.41) is 23.8. The van der Waals surface area contributed by atoms with Crippen molar-refractivity contribution in [2.45, 2.75) is 31.7 Å². The topological polar surface area (TPSA) is 132 Å². The number of carboxylic acid groups (broad SMARTS) is 1. The molecule has 2 aromatic rings. The number of fused-ring (bicyclic) bond motifs is 1. The third-order valence-corrected chi connectivity index (χ3v) is 6.15. The largest absolute Gasteiger partial charge is 0.493 e. The third-order valence-electron chi connectivity index (χ3n) is 6.15. The van der Waals surface area contributed by atoms with Crippen LogP contribution < -0.4 is 15.4 Å². The first kappa shape index (κ1) is 26.5. The van der Waals surface area contributed by atoms with Crippen molar-refractivity contribution in [2.75, 3.05) is 30.8 Å². The van der Waals surface area contributed by atoms with Gasteiger partial charge in [-0.05, 0) is 60.9 Å². The molecule has 4 N–H and O–H groups in total. The Morgan fingerprint density at radius 3 is 2.89 bits per heavy atom. The van der Waals surface area contributed by atoms with Crippen LogP contribution in [0.25, 0.3) is 0 Å². The van der Waals surface area contributed by atoms with E-state index in [2.05, 4.69) is 26.7 Å². The molecule has 4 rings (SSSR count). The predicted octanol–water partition coefficient (Wildman–Crippen LogP) is 4.47. The Labute approximate surface area is 222 Å². The molecule has 1 aromatic heterocycles. The number of hydrogen-bond donors (Lipinski definition) is 4. The lowest BCUT2D eigenvalue weighted by molar-refractivity contribution is -0.137. The number of benzene rings is 1. The van der Waals surface area contributed by atoms with Gasteiger partial charge < -0.3 is 25.9 Å². The first-order valence-corrected chi connectivity index (χ1v) is 12.6. The van der Waals surface area contributed by atoms with Crippen LogP contribution in [0.2, 0.25) is 0 Å². The Balaban J connectivity index is 1.39. The molecule has 2 aliphatic rings. The van der Waals surface area contributed by atoms with Crippen molar-refractivity contribution in [2.24, 2.45) is 9.98 Å². The third kappa shape index (κ3) is 7.25. The van der Waals surface area contributed by atoms with E-state index in [0.29, 0.717) is 35.7 Å². The van der Waals surface area contributed by atoms with Crippen LogP contribution in [0.5, 0.6) is 5.75 Å². The maximum Gasteiger partial charge on any atom is 0.305 e. The number of allylic oxidation sites excluding steroid dienone is 4. The second-order valence-corrected chi connectivity index (χ2v) is 8.86. The van der Waals surface area contributed by atoms with Gasteiger partial charge in [-0.15, -0.1) is 0 Å². The number of hydrogen-bond acceptors (Lipinski definition) is 8. The maximum atomic E-state index is 11.5. The van der Waals surface area contributed by atoms with E-state index in [9.17, 15) is 9.90 Å². The van der Waals surface area contributed by atoms with Crippen LogP contribution in [0.15, 0.2) is 76.9 Å². The maximum absolute atomic E-state index is 11.5. The van der Waals surface area contributed by atoms with Gasteiger partial charge in [0.05, 0.1) is 30.5 Å². The zero-order valence-corrected chi connectivity index (χ0v) is 21.4. The molecule has 9 nitrogen and oxygen atoms in total. The van der Waals surface area contributed by atoms with Gasteiger partial charge in [-0.2, -0.15) is 0 Å². The molecule has 0 fully saturated rings. The van der Waals surface area contributed by atoms with Crippen molar-refractivity contribution in [3.63, 3.8) is 0 Å². The molecule has 0 amide bonds. The number of carbonyl (C=O) groups is 1. The molecule has 1 atom stereocenters. The summed E-state index contributed by atoms with van der Waals surface area (Å²) < 4.78 is 5.93. The molecule has 0 saturated heterocycles. The highest BCUT2D eigenvalue weighted by atomic mass is 16.5. The fraction of sp³-hybridized carbons (Fsp3) is 0.276. The number of anilines is 2. The molecule has 9 heteroatoms. The number of nitrogens with zero attached hydrogens (tertiary/aromatic N) is 3. The zero-order valence-electron chi connectivity index (χ0n) is 21.4. The first-order chi connectivity index (χ1) is 18.6. The van der Waals surface area contributed by atoms with Crippen LogP contribution in [-0.4, -0.2) is 59.9 Å². The Kier molecular flexibility index (Phi) is 9.17. The van der Waals surface area contributed by atoms with Crippen LogP contribution in [0.4, 0.5) is 11.5 Å². The highest BCUT2D eigenvalue weighted by Gasteiger charge is 2.14. The lowest BCUT2D eigenvalue weighted by atomic mass is 10.1. The molecule has 0 bridgehead atoms. The summed E-state index contributed by atoms with van der Waals surface area (Å²) in [5.41, 5.74) is 4.90. The minimum absolute atomic E-state index is 0.149. The summed E-state index contributed by atoms with van der Waals surface area (Å²) in [6, 6.07) is 9.01. The number of rotatable bonds is 11. The van der Waals surface area contributed by atoms with Crippen molar-refractivity contribution < 1.29 is 14.6 Å². The molecule has 0 saturated carbocycles. The molecule has 0 spiro atoms. The quantitative estimate of drug-likeness (QED) is 0.260. The summed E-state index contributed by atoms with van der Waals surface area (Å²) in [5.74, 6) is 0.654. The van der Waals surface area contributed by atoms with Crippen molar-refractivity contribution in [3.05, 3.63) is 83.7 Å². The lowest BCUT2D eigenvalue weighted by Gasteiger charge is -2.18. The second kappa shape index (κ2) is 13.1. The predicted molar refractivity (Wildman–Crippen MR) is 152 cm³/mol. The van der Waals surface area contributed by atoms with Crippen molar-refractivity contribution >= 4 is 35.1 Å². The highest BCUT2D eigenvalue weighted by molar-refractivity contribution is 6.51. The number of aliphatic imine (C=N–C) groups is 2. The molecule has 196 valence electrons. The number of nitrogens with one attached hydrogen (secondary N) is 3. The van der Waals surface area contributed by atoms with E-state index in [1.54, 1.807) is 31.5 Å². The van der Waals surface area contributed by atoms with Gasteiger partial charge in [-0.3, -0.25) is 14.8 Å². The smallest absolute Gasteiger partial charge is 0.305 e. The summed E-state index contributed by atoms with van der Waals surface area (Å²) in [6.07, 6.45) is 14.7. The average Bonchev–Trinajstić information content (AvgIpc) is 2.93. The van der Waals surface area contributed by atoms with Gasteiger partial charge in [0.25, 0.3) is 0 Å². The van der Waals surface area contributed by atoms with Crippen LogP contribution in [0.1, 0.15) is 29.7 Å². The monoisotopic (exact) mass is 512 g/mol. The van der Waals surface area contributed by atoms with E-state index < -0.39 is 12.0 Å². The standard InChI is InChI=1S/C29H32N6O3/c1-31-26-6-2-3-7-27(26)32-15-12-23(18-28(36)37)34-25-11-10-24(17-21(25)19-30)38-16-13-22-9-8-20-5-4-14-33-29(20)35-22/h2-3,6-12,15,17,19,23,30,34H,4-5,13-14,16,18H2,1H3,(H,33,35)(H,36,37)/b15-12+,30-19?,31-26?,32-27?/t23-/m1/s1. The van der Waals surface area contributed by atoms with Crippen molar-refractivity contribution in [1.82, 2.24) is 4.98 Å². The Bertz CT molecular complexity index is 1330. The number of aromatic nitrogens is 1. The summed E-state index contributed by atoms with van der Waals surface area (Å²) in [7, 11) is 1.70. The Morgan fingerprint density at radius 2 is 2.11 bits per heavy atom. The van der Waals surface area contributed by atoms with Crippen LogP contribution in [-0.2, 0) is 17.6 Å². The fourth-order valence-electron chi connectivity index (χ4n) is 4.21. The van der Waals surface area contributed by atoms with E-state index >= 15 is 0 Å². The number of aryl methyl sites for hydroxylation is 1. The number of aliphatic carboxylic acids is 1. The zero-order chi connectivity index (χ0) is 26.7. The van der Waals surface area contributed by atoms with E-state index in [-0.39, 0.29) is 6.42 Å². The second-order valence-electron chi connectivity index (χ2n) is 8.86. The minimum Gasteiger partial charge on any atom is -0.493 e. The Morgan fingerprint density at radius 1 is 1.26 bits per heavy atom. The molecule has 2 heterocycles. The molecule has 1 aromatic carbocycles. The fourth-order valence-corrected chi connectivity index (χ4v) is 4.21. The van der Waals surface area contributed by atoms with Crippen LogP contribution in [0.3, 0.4) is 0 Å². The van der Waals surface area contributed by atoms with Gasteiger partial charge in [0.2, 0.25) is 0 Å². The minimum atomic E-state index is -0.946. The molecule has 38 heavy (non-hydrogen) atoms. The van der Waals surface area contributed by atoms with Gasteiger partial charge in [0, 0.05) is 49.4 Å². The average molecular weight is 513 g/mol. The number of pyridine rings is 1. The molecule has 0 unspecified atom stereocenters. The molecule has 1 aliphatic carbocycles. The Hall–Kier alpha value is -4.53. The summed E-state index contributed by atoms with van der Waals surface area (Å²) in [4.78, 5) is 24.8. The van der Waals surface area contributed by atoms with Gasteiger partial charge in [0.1, 0.15) is 11.6 Å². The number of ether oxygens (including phenoxy) is 1. The molecular formula is C29H32N6O3. The van der Waals surface area contributed by atoms with Crippen molar-refractivity contribution in [1.29, 1.82) is 5.41 Å². The SMILES string of the molecule is CN=C1C=CC=CC1=N/C=C/[C@H](CC(=O)O)Nc1ccc(OCCc2ccc3c(n2)NCCC3)cc1C=N. The summed E-state index contributed by atoms with van der Waals surface area (Å²) in [6.45, 7) is 1.40. The molecular weight excluding hydrogens is 480 g/mol. The first-order valence-electron chi connectivity index (χ1n) is 12.6. The normalized spacial score (nSPS) is 17.3. The van der Waals surface area contributed by atoms with E-state index in [1.165, 1.54) is 11.8 Å². The van der Waals surface area contributed by atoms with E-state index in [4.69, 9.17) is 15.1 Å². The summed E-state index contributed by atoms with van der Waals surface area (Å²) >= 11 is 0. The van der Waals surface area contributed by atoms with Crippen LogP contribution >= 0.6 is 0 Å². The van der Waals surface area contributed by atoms with E-state index in [0.717, 1.165) is 36.6 Å². The highest BCUT2D eigenvalue weighted by Crippen LogP contribution is 2.23. The van der Waals surface area contributed by atoms with Crippen LogP contribution in [0, 0.1) is 5.41 Å². The molecule has 1 aliphatic heterocycles. The number of carboxylic acids is 1. The lowest BCUT2D eigenvalue weighted by Crippen LogP contribution is -2.21. The van der Waals surface area contributed by atoms with Gasteiger partial charge >= 0.3 is 5.97 Å².